The van der Waals surface area contributed by atoms with Gasteiger partial charge < -0.3 is 20.7 Å². The molecule has 0 aliphatic heterocycles. The van der Waals surface area contributed by atoms with Gasteiger partial charge in [-0.1, -0.05) is 13.8 Å². The zero-order valence-corrected chi connectivity index (χ0v) is 12.6. The summed E-state index contributed by atoms with van der Waals surface area (Å²) in [6.07, 6.45) is 0. The van der Waals surface area contributed by atoms with Gasteiger partial charge in [0.1, 0.15) is 5.75 Å². The molecule has 0 atom stereocenters. The van der Waals surface area contributed by atoms with Gasteiger partial charge >= 0.3 is 0 Å². The van der Waals surface area contributed by atoms with Crippen molar-refractivity contribution in [3.8, 4) is 5.75 Å². The van der Waals surface area contributed by atoms with Gasteiger partial charge in [-0.15, -0.1) is 0 Å². The molecule has 0 aliphatic rings. The smallest absolute Gasteiger partial charge is 0.251 e. The molecule has 0 aromatic heterocycles. The fourth-order valence-electron chi connectivity index (χ4n) is 1.97. The van der Waals surface area contributed by atoms with Gasteiger partial charge in [0.05, 0.1) is 6.61 Å². The van der Waals surface area contributed by atoms with Crippen molar-refractivity contribution >= 4 is 11.6 Å². The average molecular weight is 279 g/mol. The molecular formula is C15H25N3O2. The third kappa shape index (κ3) is 5.09. The average Bonchev–Trinajstić information content (AvgIpc) is 2.43. The van der Waals surface area contributed by atoms with Crippen molar-refractivity contribution in [3.05, 3.63) is 23.8 Å². The maximum absolute atomic E-state index is 12.1. The van der Waals surface area contributed by atoms with E-state index in [1.165, 1.54) is 0 Å². The number of ether oxygens (including phenoxy) is 1. The first-order valence-corrected chi connectivity index (χ1v) is 7.14. The quantitative estimate of drug-likeness (QED) is 0.711. The van der Waals surface area contributed by atoms with E-state index in [1.54, 1.807) is 18.2 Å². The standard InChI is InChI=1S/C15H25N3O2/c1-4-18(5-2)8-7-17-15(19)12-9-13(16)11-14(10-12)20-6-3/h9-11H,4-8,16H2,1-3H3,(H,17,19). The number of amides is 1. The summed E-state index contributed by atoms with van der Waals surface area (Å²) in [6, 6.07) is 5.10. The van der Waals surface area contributed by atoms with Crippen molar-refractivity contribution in [1.82, 2.24) is 10.2 Å². The fourth-order valence-corrected chi connectivity index (χ4v) is 1.97. The van der Waals surface area contributed by atoms with Crippen molar-refractivity contribution in [2.24, 2.45) is 0 Å². The molecule has 3 N–H and O–H groups in total. The van der Waals surface area contributed by atoms with Gasteiger partial charge in [0.25, 0.3) is 5.91 Å². The highest BCUT2D eigenvalue weighted by atomic mass is 16.5. The Morgan fingerprint density at radius 1 is 1.25 bits per heavy atom. The van der Waals surface area contributed by atoms with E-state index in [4.69, 9.17) is 10.5 Å². The Hall–Kier alpha value is -1.75. The van der Waals surface area contributed by atoms with E-state index < -0.39 is 0 Å². The second-order valence-corrected chi connectivity index (χ2v) is 4.51. The summed E-state index contributed by atoms with van der Waals surface area (Å²) in [6.45, 7) is 10.1. The maximum atomic E-state index is 12.1. The molecular weight excluding hydrogens is 254 g/mol. The second-order valence-electron chi connectivity index (χ2n) is 4.51. The molecule has 0 saturated carbocycles. The number of hydrogen-bond acceptors (Lipinski definition) is 4. The lowest BCUT2D eigenvalue weighted by Crippen LogP contribution is -2.34. The Bertz CT molecular complexity index is 431. The molecule has 1 amide bonds. The number of likely N-dealkylation sites (N-methyl/N-ethyl adjacent to an activating group) is 1. The summed E-state index contributed by atoms with van der Waals surface area (Å²) in [5, 5.41) is 2.90. The molecule has 0 bridgehead atoms. The zero-order chi connectivity index (χ0) is 15.0. The number of rotatable bonds is 8. The monoisotopic (exact) mass is 279 g/mol. The van der Waals surface area contributed by atoms with E-state index in [9.17, 15) is 4.79 Å². The highest BCUT2D eigenvalue weighted by molar-refractivity contribution is 5.95. The van der Waals surface area contributed by atoms with Gasteiger partial charge in [-0.25, -0.2) is 0 Å². The Labute approximate surface area is 121 Å². The highest BCUT2D eigenvalue weighted by Crippen LogP contribution is 2.18. The van der Waals surface area contributed by atoms with Gasteiger partial charge in [-0.05, 0) is 32.1 Å². The van der Waals surface area contributed by atoms with E-state index in [2.05, 4.69) is 24.1 Å². The van der Waals surface area contributed by atoms with Crippen molar-refractivity contribution in [2.75, 3.05) is 38.5 Å². The normalized spacial score (nSPS) is 10.6. The molecule has 1 aromatic carbocycles. The van der Waals surface area contributed by atoms with Crippen molar-refractivity contribution in [3.63, 3.8) is 0 Å². The molecule has 20 heavy (non-hydrogen) atoms. The Balaban J connectivity index is 2.58. The van der Waals surface area contributed by atoms with E-state index >= 15 is 0 Å². The first kappa shape index (κ1) is 16.3. The second kappa shape index (κ2) is 8.43. The van der Waals surface area contributed by atoms with Crippen LogP contribution in [0.2, 0.25) is 0 Å². The first-order valence-electron chi connectivity index (χ1n) is 7.14. The Morgan fingerprint density at radius 2 is 1.95 bits per heavy atom. The molecule has 0 fully saturated rings. The van der Waals surface area contributed by atoms with Crippen LogP contribution in [0.25, 0.3) is 0 Å². The molecule has 5 nitrogen and oxygen atoms in total. The summed E-state index contributed by atoms with van der Waals surface area (Å²) >= 11 is 0. The lowest BCUT2D eigenvalue weighted by Gasteiger charge is -2.18. The lowest BCUT2D eigenvalue weighted by molar-refractivity contribution is 0.0948. The van der Waals surface area contributed by atoms with Crippen molar-refractivity contribution in [2.45, 2.75) is 20.8 Å². The van der Waals surface area contributed by atoms with Crippen LogP contribution >= 0.6 is 0 Å². The van der Waals surface area contributed by atoms with Gasteiger partial charge in [0.2, 0.25) is 0 Å². The molecule has 0 unspecified atom stereocenters. The minimum Gasteiger partial charge on any atom is -0.494 e. The predicted molar refractivity (Wildman–Crippen MR) is 82.1 cm³/mol. The van der Waals surface area contributed by atoms with Crippen LogP contribution in [0.4, 0.5) is 5.69 Å². The fraction of sp³-hybridized carbons (Fsp3) is 0.533. The van der Waals surface area contributed by atoms with Crippen LogP contribution in [0.1, 0.15) is 31.1 Å². The number of carbonyl (C=O) groups excluding carboxylic acids is 1. The molecule has 1 rings (SSSR count). The number of nitrogens with one attached hydrogen (secondary N) is 1. The van der Waals surface area contributed by atoms with Crippen LogP contribution in [-0.4, -0.2) is 43.6 Å². The summed E-state index contributed by atoms with van der Waals surface area (Å²) in [4.78, 5) is 14.3. The topological polar surface area (TPSA) is 67.6 Å². The van der Waals surface area contributed by atoms with E-state index in [0.29, 0.717) is 30.2 Å². The number of nitrogen functional groups attached to an aromatic ring is 1. The van der Waals surface area contributed by atoms with Crippen molar-refractivity contribution in [1.29, 1.82) is 0 Å². The number of nitrogens with zero attached hydrogens (tertiary/aromatic N) is 1. The number of hydrogen-bond donors (Lipinski definition) is 2. The number of nitrogens with two attached hydrogens (primary N) is 1. The number of anilines is 1. The number of carbonyl (C=O) groups is 1. The Morgan fingerprint density at radius 3 is 2.55 bits per heavy atom. The summed E-state index contributed by atoms with van der Waals surface area (Å²) in [5.41, 5.74) is 6.85. The molecule has 0 saturated heterocycles. The van der Waals surface area contributed by atoms with Gasteiger partial charge in [-0.3, -0.25) is 4.79 Å². The van der Waals surface area contributed by atoms with E-state index in [0.717, 1.165) is 19.6 Å². The predicted octanol–water partition coefficient (Wildman–Crippen LogP) is 1.74. The SMILES string of the molecule is CCOc1cc(N)cc(C(=O)NCCN(CC)CC)c1. The van der Waals surface area contributed by atoms with Crippen LogP contribution in [0, 0.1) is 0 Å². The summed E-state index contributed by atoms with van der Waals surface area (Å²) < 4.78 is 5.39. The molecule has 0 radical (unpaired) electrons. The van der Waals surface area contributed by atoms with E-state index in [1.807, 2.05) is 6.92 Å². The first-order chi connectivity index (χ1) is 9.60. The molecule has 0 aliphatic carbocycles. The van der Waals surface area contributed by atoms with Gasteiger partial charge in [0.15, 0.2) is 0 Å². The maximum Gasteiger partial charge on any atom is 0.251 e. The molecule has 1 aromatic rings. The third-order valence-corrected chi connectivity index (χ3v) is 3.11. The number of benzene rings is 1. The summed E-state index contributed by atoms with van der Waals surface area (Å²) in [5.74, 6) is 0.506. The molecule has 0 heterocycles. The van der Waals surface area contributed by atoms with E-state index in [-0.39, 0.29) is 5.91 Å². The molecule has 0 spiro atoms. The lowest BCUT2D eigenvalue weighted by atomic mass is 10.1. The largest absolute Gasteiger partial charge is 0.494 e. The van der Waals surface area contributed by atoms with Crippen LogP contribution in [0.3, 0.4) is 0 Å². The van der Waals surface area contributed by atoms with Crippen LogP contribution in [0.5, 0.6) is 5.75 Å². The van der Waals surface area contributed by atoms with Gasteiger partial charge in [0, 0.05) is 30.4 Å². The van der Waals surface area contributed by atoms with Crippen LogP contribution < -0.4 is 15.8 Å². The third-order valence-electron chi connectivity index (χ3n) is 3.11. The van der Waals surface area contributed by atoms with Crippen LogP contribution in [0.15, 0.2) is 18.2 Å². The summed E-state index contributed by atoms with van der Waals surface area (Å²) in [7, 11) is 0. The Kier molecular flexibility index (Phi) is 6.87. The van der Waals surface area contributed by atoms with Crippen LogP contribution in [-0.2, 0) is 0 Å². The minimum absolute atomic E-state index is 0.120. The molecule has 5 heteroatoms. The zero-order valence-electron chi connectivity index (χ0n) is 12.6. The van der Waals surface area contributed by atoms with Crippen molar-refractivity contribution < 1.29 is 9.53 Å². The highest BCUT2D eigenvalue weighted by Gasteiger charge is 2.08. The molecule has 112 valence electrons. The minimum atomic E-state index is -0.120. The van der Waals surface area contributed by atoms with Gasteiger partial charge in [-0.2, -0.15) is 0 Å².